The minimum absolute atomic E-state index is 0.192. The Morgan fingerprint density at radius 2 is 2.05 bits per heavy atom. The third-order valence-corrected chi connectivity index (χ3v) is 3.71. The zero-order valence-corrected chi connectivity index (χ0v) is 12.4. The lowest BCUT2D eigenvalue weighted by Gasteiger charge is -2.36. The monoisotopic (exact) mass is 281 g/mol. The van der Waals surface area contributed by atoms with Gasteiger partial charge in [-0.2, -0.15) is 0 Å². The van der Waals surface area contributed by atoms with Crippen molar-refractivity contribution in [1.29, 1.82) is 0 Å². The van der Waals surface area contributed by atoms with Crippen LogP contribution in [0.3, 0.4) is 0 Å². The Morgan fingerprint density at radius 1 is 1.37 bits per heavy atom. The molecule has 1 aromatic rings. The molecule has 1 aliphatic heterocycles. The van der Waals surface area contributed by atoms with Crippen molar-refractivity contribution in [3.63, 3.8) is 0 Å². The molecule has 1 unspecified atom stereocenters. The fourth-order valence-electron chi connectivity index (χ4n) is 2.46. The summed E-state index contributed by atoms with van der Waals surface area (Å²) in [5.74, 6) is 0.387. The Balaban J connectivity index is 2.14. The first kappa shape index (κ1) is 14.3. The average molecular weight is 282 g/mol. The smallest absolute Gasteiger partial charge is 0.227 e. The summed E-state index contributed by atoms with van der Waals surface area (Å²) < 4.78 is 0. The lowest BCUT2D eigenvalue weighted by molar-refractivity contribution is -0.140. The van der Waals surface area contributed by atoms with Gasteiger partial charge in [-0.25, -0.2) is 4.98 Å². The highest BCUT2D eigenvalue weighted by Gasteiger charge is 2.32. The summed E-state index contributed by atoms with van der Waals surface area (Å²) in [4.78, 5) is 22.7. The van der Waals surface area contributed by atoms with Crippen LogP contribution in [-0.4, -0.2) is 33.9 Å². The normalized spacial score (nSPS) is 20.4. The Morgan fingerprint density at radius 3 is 2.68 bits per heavy atom. The van der Waals surface area contributed by atoms with Crippen LogP contribution < -0.4 is 0 Å². The van der Waals surface area contributed by atoms with Crippen LogP contribution in [0.2, 0.25) is 5.15 Å². The van der Waals surface area contributed by atoms with Crippen LogP contribution in [0.25, 0.3) is 0 Å². The third kappa shape index (κ3) is 3.24. The minimum Gasteiger partial charge on any atom is -0.342 e. The van der Waals surface area contributed by atoms with E-state index in [1.807, 2.05) is 25.7 Å². The van der Waals surface area contributed by atoms with Gasteiger partial charge in [0.05, 0.1) is 5.69 Å². The van der Waals surface area contributed by atoms with Gasteiger partial charge in [0.25, 0.3) is 0 Å². The highest BCUT2D eigenvalue weighted by Crippen LogP contribution is 2.31. The van der Waals surface area contributed by atoms with Gasteiger partial charge in [-0.3, -0.25) is 9.78 Å². The van der Waals surface area contributed by atoms with E-state index < -0.39 is 0 Å². The number of likely N-dealkylation sites (tertiary alicyclic amines) is 1. The molecule has 0 saturated carbocycles. The summed E-state index contributed by atoms with van der Waals surface area (Å²) in [6.07, 6.45) is 5.24. The molecule has 2 rings (SSSR count). The molecule has 0 aromatic carbocycles. The Kier molecular flexibility index (Phi) is 4.09. The zero-order valence-electron chi connectivity index (χ0n) is 11.7. The zero-order chi connectivity index (χ0) is 14.0. The third-order valence-electron chi connectivity index (χ3n) is 3.42. The molecule has 1 atom stereocenters. The van der Waals surface area contributed by atoms with E-state index in [4.69, 9.17) is 11.6 Å². The number of aromatic nitrogens is 2. The molecule has 1 amide bonds. The van der Waals surface area contributed by atoms with Gasteiger partial charge in [-0.05, 0) is 12.8 Å². The standard InChI is InChI=1S/C14H20ClN3O/c1-14(2,3)13(19)18-8-4-5-10(9-18)11-12(15)17-7-6-16-11/h6-7,10H,4-5,8-9H2,1-3H3. The molecule has 0 radical (unpaired) electrons. The van der Waals surface area contributed by atoms with Crippen LogP contribution in [0.5, 0.6) is 0 Å². The quantitative estimate of drug-likeness (QED) is 0.795. The Hall–Kier alpha value is -1.16. The molecule has 1 saturated heterocycles. The largest absolute Gasteiger partial charge is 0.342 e. The van der Waals surface area contributed by atoms with Crippen molar-refractivity contribution in [2.24, 2.45) is 5.41 Å². The van der Waals surface area contributed by atoms with Gasteiger partial charge in [-0.15, -0.1) is 0 Å². The van der Waals surface area contributed by atoms with E-state index >= 15 is 0 Å². The second-order valence-electron chi connectivity index (χ2n) is 6.07. The summed E-state index contributed by atoms with van der Waals surface area (Å²) >= 11 is 6.10. The molecule has 2 heterocycles. The molecule has 4 nitrogen and oxygen atoms in total. The summed E-state index contributed by atoms with van der Waals surface area (Å²) in [5.41, 5.74) is 0.476. The second kappa shape index (κ2) is 5.45. The van der Waals surface area contributed by atoms with E-state index in [0.717, 1.165) is 25.1 Å². The molecule has 104 valence electrons. The molecular weight excluding hydrogens is 262 g/mol. The van der Waals surface area contributed by atoms with Gasteiger partial charge in [-0.1, -0.05) is 32.4 Å². The van der Waals surface area contributed by atoms with Crippen LogP contribution in [0.4, 0.5) is 0 Å². The number of piperidine rings is 1. The van der Waals surface area contributed by atoms with Crippen molar-refractivity contribution in [2.45, 2.75) is 39.5 Å². The van der Waals surface area contributed by atoms with E-state index in [-0.39, 0.29) is 17.2 Å². The lowest BCUT2D eigenvalue weighted by atomic mass is 9.90. The van der Waals surface area contributed by atoms with E-state index in [2.05, 4.69) is 9.97 Å². The lowest BCUT2D eigenvalue weighted by Crippen LogP contribution is -2.44. The van der Waals surface area contributed by atoms with Gasteiger partial charge in [0, 0.05) is 36.8 Å². The molecule has 1 aromatic heterocycles. The van der Waals surface area contributed by atoms with Crippen LogP contribution in [0, 0.1) is 5.41 Å². The second-order valence-corrected chi connectivity index (χ2v) is 6.43. The predicted octanol–water partition coefficient (Wildman–Crippen LogP) is 2.88. The molecule has 0 N–H and O–H groups in total. The van der Waals surface area contributed by atoms with Crippen molar-refractivity contribution in [3.8, 4) is 0 Å². The molecule has 5 heteroatoms. The number of hydrogen-bond donors (Lipinski definition) is 0. The Bertz CT molecular complexity index is 470. The van der Waals surface area contributed by atoms with Gasteiger partial charge < -0.3 is 4.90 Å². The SMILES string of the molecule is CC(C)(C)C(=O)N1CCCC(c2nccnc2Cl)C1. The molecular formula is C14H20ClN3O. The number of nitrogens with zero attached hydrogens (tertiary/aromatic N) is 3. The average Bonchev–Trinajstić information content (AvgIpc) is 2.37. The van der Waals surface area contributed by atoms with Gasteiger partial charge in [0.2, 0.25) is 5.91 Å². The first-order valence-corrected chi connectivity index (χ1v) is 7.03. The Labute approximate surface area is 119 Å². The van der Waals surface area contributed by atoms with Crippen molar-refractivity contribution >= 4 is 17.5 Å². The summed E-state index contributed by atoms with van der Waals surface area (Å²) in [5, 5.41) is 0.456. The predicted molar refractivity (Wildman–Crippen MR) is 75.1 cm³/mol. The molecule has 0 spiro atoms. The highest BCUT2D eigenvalue weighted by atomic mass is 35.5. The number of halogens is 1. The maximum absolute atomic E-state index is 12.3. The molecule has 1 aliphatic rings. The first-order valence-electron chi connectivity index (χ1n) is 6.65. The van der Waals surface area contributed by atoms with Gasteiger partial charge in [0.15, 0.2) is 5.15 Å². The molecule has 0 bridgehead atoms. The maximum atomic E-state index is 12.3. The van der Waals surface area contributed by atoms with Crippen molar-refractivity contribution in [2.75, 3.05) is 13.1 Å². The van der Waals surface area contributed by atoms with Crippen molar-refractivity contribution in [1.82, 2.24) is 14.9 Å². The van der Waals surface area contributed by atoms with Gasteiger partial charge >= 0.3 is 0 Å². The van der Waals surface area contributed by atoms with Crippen LogP contribution in [0.15, 0.2) is 12.4 Å². The number of carbonyl (C=O) groups excluding carboxylic acids is 1. The van der Waals surface area contributed by atoms with E-state index in [1.54, 1.807) is 12.4 Å². The van der Waals surface area contributed by atoms with E-state index in [9.17, 15) is 4.79 Å². The highest BCUT2D eigenvalue weighted by molar-refractivity contribution is 6.30. The molecule has 19 heavy (non-hydrogen) atoms. The first-order chi connectivity index (χ1) is 8.89. The summed E-state index contributed by atoms with van der Waals surface area (Å²) in [6, 6.07) is 0. The minimum atomic E-state index is -0.339. The maximum Gasteiger partial charge on any atom is 0.227 e. The number of carbonyl (C=O) groups is 1. The summed E-state index contributed by atoms with van der Waals surface area (Å²) in [7, 11) is 0. The summed E-state index contributed by atoms with van der Waals surface area (Å²) in [6.45, 7) is 7.37. The fraction of sp³-hybridized carbons (Fsp3) is 0.643. The van der Waals surface area contributed by atoms with Crippen molar-refractivity contribution < 1.29 is 4.79 Å². The van der Waals surface area contributed by atoms with E-state index in [0.29, 0.717) is 11.7 Å². The molecule has 0 aliphatic carbocycles. The van der Waals surface area contributed by atoms with Crippen LogP contribution in [-0.2, 0) is 4.79 Å². The number of hydrogen-bond acceptors (Lipinski definition) is 3. The number of rotatable bonds is 1. The van der Waals surface area contributed by atoms with Gasteiger partial charge in [0.1, 0.15) is 0 Å². The van der Waals surface area contributed by atoms with Crippen molar-refractivity contribution in [3.05, 3.63) is 23.2 Å². The topological polar surface area (TPSA) is 46.1 Å². The molecule has 1 fully saturated rings. The van der Waals surface area contributed by atoms with Crippen LogP contribution >= 0.6 is 11.6 Å². The number of amides is 1. The fourth-order valence-corrected chi connectivity index (χ4v) is 2.72. The van der Waals surface area contributed by atoms with E-state index in [1.165, 1.54) is 0 Å². The van der Waals surface area contributed by atoms with Crippen LogP contribution in [0.1, 0.15) is 45.2 Å².